The Labute approximate surface area is 87.9 Å². The third-order valence-corrected chi connectivity index (χ3v) is 3.96. The molecule has 1 unspecified atom stereocenters. The molecule has 1 fully saturated rings. The Morgan fingerprint density at radius 3 is 2.46 bits per heavy atom. The lowest BCUT2D eigenvalue weighted by Crippen LogP contribution is -2.28. The van der Waals surface area contributed by atoms with Crippen molar-refractivity contribution in [2.75, 3.05) is 0 Å². The van der Waals surface area contributed by atoms with E-state index in [9.17, 15) is 0 Å². The van der Waals surface area contributed by atoms with Crippen molar-refractivity contribution in [2.45, 2.75) is 69.1 Å². The molecule has 0 radical (unpaired) electrons. The lowest BCUT2D eigenvalue weighted by molar-refractivity contribution is 0.361. The van der Waals surface area contributed by atoms with Gasteiger partial charge in [0.15, 0.2) is 0 Å². The van der Waals surface area contributed by atoms with Crippen LogP contribution in [0.2, 0.25) is 0 Å². The van der Waals surface area contributed by atoms with E-state index in [1.165, 1.54) is 38.5 Å². The van der Waals surface area contributed by atoms with Crippen molar-refractivity contribution in [3.63, 3.8) is 0 Å². The van der Waals surface area contributed by atoms with Gasteiger partial charge in [-0.25, -0.2) is 0 Å². The molecule has 13 heavy (non-hydrogen) atoms. The first-order valence-corrected chi connectivity index (χ1v) is 6.09. The van der Waals surface area contributed by atoms with Gasteiger partial charge in [0, 0.05) is 10.8 Å². The third-order valence-electron chi connectivity index (χ3n) is 3.29. The average molecular weight is 201 g/mol. The van der Waals surface area contributed by atoms with Gasteiger partial charge in [0.05, 0.1) is 0 Å². The van der Waals surface area contributed by atoms with Crippen molar-refractivity contribution >= 4 is 12.6 Å². The van der Waals surface area contributed by atoms with Gasteiger partial charge in [0.1, 0.15) is 0 Å². The van der Waals surface area contributed by atoms with E-state index in [4.69, 9.17) is 18.4 Å². The summed E-state index contributed by atoms with van der Waals surface area (Å²) in [6.45, 7) is 2.16. The molecule has 0 aromatic rings. The van der Waals surface area contributed by atoms with Crippen LogP contribution in [0, 0.1) is 0 Å². The van der Waals surface area contributed by atoms with E-state index in [2.05, 4.69) is 6.92 Å². The minimum atomic E-state index is 0.324. The lowest BCUT2D eigenvalue weighted by Gasteiger charge is -2.33. The molecule has 2 heteroatoms. The summed E-state index contributed by atoms with van der Waals surface area (Å²) in [7, 11) is 0. The van der Waals surface area contributed by atoms with E-state index in [1.54, 1.807) is 0 Å². The van der Waals surface area contributed by atoms with Gasteiger partial charge in [0.25, 0.3) is 0 Å². The SMILES string of the molecule is CCC(N)CCC1(S)CCCCC1. The molecule has 1 nitrogen and oxygen atoms in total. The molecule has 0 aliphatic heterocycles. The molecule has 0 bridgehead atoms. The van der Waals surface area contributed by atoms with Crippen LogP contribution < -0.4 is 5.73 Å². The van der Waals surface area contributed by atoms with E-state index in [0.717, 1.165) is 12.8 Å². The summed E-state index contributed by atoms with van der Waals surface area (Å²) in [5.41, 5.74) is 5.92. The van der Waals surface area contributed by atoms with Crippen LogP contribution in [0.15, 0.2) is 0 Å². The summed E-state index contributed by atoms with van der Waals surface area (Å²) < 4.78 is 0.324. The van der Waals surface area contributed by atoms with Gasteiger partial charge in [-0.2, -0.15) is 12.6 Å². The Morgan fingerprint density at radius 2 is 1.92 bits per heavy atom. The zero-order valence-electron chi connectivity index (χ0n) is 8.76. The molecule has 78 valence electrons. The topological polar surface area (TPSA) is 26.0 Å². The minimum absolute atomic E-state index is 0.324. The largest absolute Gasteiger partial charge is 0.328 e. The number of hydrogen-bond donors (Lipinski definition) is 2. The zero-order chi connectivity index (χ0) is 9.73. The van der Waals surface area contributed by atoms with Gasteiger partial charge in [-0.05, 0) is 32.1 Å². The van der Waals surface area contributed by atoms with E-state index in [1.807, 2.05) is 0 Å². The average Bonchev–Trinajstić information content (AvgIpc) is 2.15. The van der Waals surface area contributed by atoms with Crippen LogP contribution in [-0.4, -0.2) is 10.8 Å². The molecule has 1 atom stereocenters. The second-order valence-electron chi connectivity index (χ2n) is 4.49. The standard InChI is InChI=1S/C11H23NS/c1-2-10(12)6-9-11(13)7-4-3-5-8-11/h10,13H,2-9,12H2,1H3. The van der Waals surface area contributed by atoms with Gasteiger partial charge in [-0.15, -0.1) is 0 Å². The second-order valence-corrected chi connectivity index (χ2v) is 5.44. The van der Waals surface area contributed by atoms with Crippen molar-refractivity contribution in [1.29, 1.82) is 0 Å². The number of hydrogen-bond acceptors (Lipinski definition) is 2. The van der Waals surface area contributed by atoms with E-state index in [-0.39, 0.29) is 0 Å². The maximum absolute atomic E-state index is 5.92. The monoisotopic (exact) mass is 201 g/mol. The first-order chi connectivity index (χ1) is 6.16. The molecular formula is C11H23NS. The quantitative estimate of drug-likeness (QED) is 0.672. The predicted molar refractivity (Wildman–Crippen MR) is 62.3 cm³/mol. The Morgan fingerprint density at radius 1 is 1.31 bits per heavy atom. The molecule has 0 saturated heterocycles. The molecule has 0 aromatic carbocycles. The molecule has 1 aliphatic carbocycles. The maximum atomic E-state index is 5.92. The predicted octanol–water partition coefficient (Wildman–Crippen LogP) is 3.14. The van der Waals surface area contributed by atoms with Crippen molar-refractivity contribution in [2.24, 2.45) is 5.73 Å². The number of thiol groups is 1. The minimum Gasteiger partial charge on any atom is -0.328 e. The highest BCUT2D eigenvalue weighted by atomic mass is 32.1. The highest BCUT2D eigenvalue weighted by molar-refractivity contribution is 7.81. The summed E-state index contributed by atoms with van der Waals surface area (Å²) >= 11 is 4.81. The van der Waals surface area contributed by atoms with Crippen molar-refractivity contribution in [3.8, 4) is 0 Å². The first kappa shape index (κ1) is 11.4. The maximum Gasteiger partial charge on any atom is 0.0130 e. The fourth-order valence-electron chi connectivity index (χ4n) is 2.12. The Hall–Kier alpha value is 0.310. The van der Waals surface area contributed by atoms with Crippen LogP contribution in [0.3, 0.4) is 0 Å². The third kappa shape index (κ3) is 3.90. The molecule has 2 N–H and O–H groups in total. The fraction of sp³-hybridized carbons (Fsp3) is 1.00. The van der Waals surface area contributed by atoms with Gasteiger partial charge in [-0.1, -0.05) is 26.2 Å². The summed E-state index contributed by atoms with van der Waals surface area (Å²) in [6, 6.07) is 0.394. The van der Waals surface area contributed by atoms with Crippen LogP contribution in [0.25, 0.3) is 0 Å². The molecule has 1 rings (SSSR count). The number of nitrogens with two attached hydrogens (primary N) is 1. The van der Waals surface area contributed by atoms with Crippen molar-refractivity contribution in [3.05, 3.63) is 0 Å². The van der Waals surface area contributed by atoms with E-state index >= 15 is 0 Å². The molecule has 0 amide bonds. The molecule has 1 aliphatic rings. The van der Waals surface area contributed by atoms with E-state index < -0.39 is 0 Å². The summed E-state index contributed by atoms with van der Waals surface area (Å²) in [6.07, 6.45) is 10.2. The van der Waals surface area contributed by atoms with Gasteiger partial charge in [-0.3, -0.25) is 0 Å². The molecular weight excluding hydrogens is 178 g/mol. The fourth-order valence-corrected chi connectivity index (χ4v) is 2.56. The number of rotatable bonds is 4. The van der Waals surface area contributed by atoms with E-state index in [0.29, 0.717) is 10.8 Å². The van der Waals surface area contributed by atoms with Gasteiger partial charge < -0.3 is 5.73 Å². The molecule has 0 aromatic heterocycles. The lowest BCUT2D eigenvalue weighted by atomic mass is 9.84. The first-order valence-electron chi connectivity index (χ1n) is 5.64. The summed E-state index contributed by atoms with van der Waals surface area (Å²) in [4.78, 5) is 0. The van der Waals surface area contributed by atoms with Crippen molar-refractivity contribution in [1.82, 2.24) is 0 Å². The molecule has 0 heterocycles. The van der Waals surface area contributed by atoms with Crippen LogP contribution >= 0.6 is 12.6 Å². The Kier molecular flexibility index (Phi) is 4.60. The zero-order valence-corrected chi connectivity index (χ0v) is 9.65. The van der Waals surface area contributed by atoms with Gasteiger partial charge in [0.2, 0.25) is 0 Å². The molecule has 1 saturated carbocycles. The Bertz CT molecular complexity index is 141. The summed E-state index contributed by atoms with van der Waals surface area (Å²) in [5, 5.41) is 0. The molecule has 0 spiro atoms. The van der Waals surface area contributed by atoms with Gasteiger partial charge >= 0.3 is 0 Å². The van der Waals surface area contributed by atoms with Crippen LogP contribution in [0.5, 0.6) is 0 Å². The van der Waals surface area contributed by atoms with Crippen LogP contribution in [0.4, 0.5) is 0 Å². The normalized spacial score (nSPS) is 24.2. The summed E-state index contributed by atoms with van der Waals surface area (Å²) in [5.74, 6) is 0. The van der Waals surface area contributed by atoms with Crippen LogP contribution in [0.1, 0.15) is 58.3 Å². The second kappa shape index (κ2) is 5.26. The highest BCUT2D eigenvalue weighted by Gasteiger charge is 2.27. The highest BCUT2D eigenvalue weighted by Crippen LogP contribution is 2.37. The van der Waals surface area contributed by atoms with Crippen LogP contribution in [-0.2, 0) is 0 Å². The smallest absolute Gasteiger partial charge is 0.0130 e. The Balaban J connectivity index is 2.24. The van der Waals surface area contributed by atoms with Crippen molar-refractivity contribution < 1.29 is 0 Å².